The highest BCUT2D eigenvalue weighted by Gasteiger charge is 2.23. The molecule has 0 saturated carbocycles. The van der Waals surface area contributed by atoms with Gasteiger partial charge in [-0.05, 0) is 45.0 Å². The van der Waals surface area contributed by atoms with Crippen molar-refractivity contribution >= 4 is 40.4 Å². The van der Waals surface area contributed by atoms with E-state index >= 15 is 0 Å². The van der Waals surface area contributed by atoms with Crippen LogP contribution in [-0.2, 0) is 27.4 Å². The van der Waals surface area contributed by atoms with Crippen molar-refractivity contribution in [3.05, 3.63) is 81.6 Å². The third-order valence-corrected chi connectivity index (χ3v) is 5.79. The van der Waals surface area contributed by atoms with Crippen molar-refractivity contribution < 1.29 is 38.3 Å². The lowest BCUT2D eigenvalue weighted by Crippen LogP contribution is -2.14. The number of carbonyl (C=O) groups excluding carboxylic acids is 3. The topological polar surface area (TPSA) is 187 Å². The minimum absolute atomic E-state index is 0.0235. The number of rotatable bonds is 12. The van der Waals surface area contributed by atoms with Crippen molar-refractivity contribution in [3.8, 4) is 5.88 Å². The molecular weight excluding hydrogens is 564 g/mol. The molecule has 0 aliphatic heterocycles. The zero-order chi connectivity index (χ0) is 30.9. The molecule has 2 heterocycles. The summed E-state index contributed by atoms with van der Waals surface area (Å²) in [6.07, 6.45) is 2.22. The van der Waals surface area contributed by atoms with Gasteiger partial charge in [-0.25, -0.2) is 29.3 Å². The molecule has 0 saturated heterocycles. The monoisotopic (exact) mass is 592 g/mol. The summed E-state index contributed by atoms with van der Waals surface area (Å²) in [7, 11) is 0. The second kappa shape index (κ2) is 13.8. The molecule has 15 nitrogen and oxygen atoms in total. The average Bonchev–Trinajstić information content (AvgIpc) is 3.43. The Hall–Kier alpha value is -5.60. The van der Waals surface area contributed by atoms with Gasteiger partial charge in [0.25, 0.3) is 5.69 Å². The highest BCUT2D eigenvalue weighted by molar-refractivity contribution is 5.93. The average molecular weight is 593 g/mol. The fraction of sp³-hybridized carbons (Fsp3) is 0.286. The first-order valence-electron chi connectivity index (χ1n) is 13.2. The Labute approximate surface area is 244 Å². The third-order valence-electron chi connectivity index (χ3n) is 5.79. The number of hydrogen-bond acceptors (Lipinski definition) is 12. The molecule has 0 aliphatic carbocycles. The summed E-state index contributed by atoms with van der Waals surface area (Å²) in [6, 6.07) is 8.93. The van der Waals surface area contributed by atoms with Gasteiger partial charge in [0.1, 0.15) is 6.61 Å². The number of nitro benzene ring substituents is 1. The van der Waals surface area contributed by atoms with Crippen LogP contribution in [0.25, 0.3) is 11.0 Å². The molecule has 0 bridgehead atoms. The normalized spacial score (nSPS) is 10.7. The molecule has 43 heavy (non-hydrogen) atoms. The fourth-order valence-electron chi connectivity index (χ4n) is 3.98. The number of fused-ring (bicyclic) bond motifs is 1. The van der Waals surface area contributed by atoms with Gasteiger partial charge in [0.15, 0.2) is 0 Å². The summed E-state index contributed by atoms with van der Waals surface area (Å²) in [4.78, 5) is 60.8. The molecule has 15 heteroatoms. The minimum atomic E-state index is -0.775. The third kappa shape index (κ3) is 7.58. The Morgan fingerprint density at radius 1 is 0.953 bits per heavy atom. The van der Waals surface area contributed by atoms with Crippen LogP contribution in [0.15, 0.2) is 48.9 Å². The van der Waals surface area contributed by atoms with Crippen LogP contribution in [0, 0.1) is 10.1 Å². The second-order valence-corrected chi connectivity index (χ2v) is 8.80. The Morgan fingerprint density at radius 2 is 1.70 bits per heavy atom. The van der Waals surface area contributed by atoms with E-state index < -0.39 is 23.0 Å². The van der Waals surface area contributed by atoms with E-state index in [1.54, 1.807) is 49.7 Å². The number of benzene rings is 2. The van der Waals surface area contributed by atoms with Crippen LogP contribution in [-0.4, -0.2) is 62.3 Å². The highest BCUT2D eigenvalue weighted by Crippen LogP contribution is 2.28. The zero-order valence-corrected chi connectivity index (χ0v) is 23.6. The SMILES string of the molecule is CCOC(=O)c1cccc(NC(=O)OCc2cn(Cc3cc4nc(C(=O)OCC)c(OCC)nc4cc3[N+](=O)[O-])cn2)c1. The van der Waals surface area contributed by atoms with Crippen molar-refractivity contribution in [2.24, 2.45) is 0 Å². The van der Waals surface area contributed by atoms with Crippen LogP contribution in [0.1, 0.15) is 52.9 Å². The van der Waals surface area contributed by atoms with Gasteiger partial charge in [-0.3, -0.25) is 15.4 Å². The quantitative estimate of drug-likeness (QED) is 0.107. The lowest BCUT2D eigenvalue weighted by Gasteiger charge is -2.11. The first-order valence-corrected chi connectivity index (χ1v) is 13.2. The van der Waals surface area contributed by atoms with Crippen LogP contribution in [0.3, 0.4) is 0 Å². The van der Waals surface area contributed by atoms with Crippen LogP contribution in [0.2, 0.25) is 0 Å². The predicted octanol–water partition coefficient (Wildman–Crippen LogP) is 4.28. The smallest absolute Gasteiger partial charge is 0.412 e. The lowest BCUT2D eigenvalue weighted by atomic mass is 10.1. The Morgan fingerprint density at radius 3 is 2.42 bits per heavy atom. The van der Waals surface area contributed by atoms with Gasteiger partial charge in [0.05, 0.1) is 65.5 Å². The number of nitro groups is 1. The van der Waals surface area contributed by atoms with E-state index in [4.69, 9.17) is 18.9 Å². The van der Waals surface area contributed by atoms with Gasteiger partial charge >= 0.3 is 18.0 Å². The van der Waals surface area contributed by atoms with E-state index in [0.29, 0.717) is 11.4 Å². The number of nitrogens with zero attached hydrogens (tertiary/aromatic N) is 5. The molecule has 0 atom stereocenters. The molecule has 4 aromatic rings. The predicted molar refractivity (Wildman–Crippen MR) is 151 cm³/mol. The van der Waals surface area contributed by atoms with Gasteiger partial charge in [0, 0.05) is 18.0 Å². The van der Waals surface area contributed by atoms with Gasteiger partial charge < -0.3 is 23.5 Å². The summed E-state index contributed by atoms with van der Waals surface area (Å²) >= 11 is 0. The van der Waals surface area contributed by atoms with Gasteiger partial charge in [-0.15, -0.1) is 0 Å². The Balaban J connectivity index is 1.48. The number of nitrogens with one attached hydrogen (secondary N) is 1. The van der Waals surface area contributed by atoms with E-state index in [1.807, 2.05) is 0 Å². The minimum Gasteiger partial charge on any atom is -0.476 e. The Kier molecular flexibility index (Phi) is 9.78. The molecule has 1 N–H and O–H groups in total. The van der Waals surface area contributed by atoms with Crippen molar-refractivity contribution in [2.75, 3.05) is 25.1 Å². The summed E-state index contributed by atoms with van der Waals surface area (Å²) in [5.74, 6) is -1.32. The van der Waals surface area contributed by atoms with Crippen LogP contribution >= 0.6 is 0 Å². The van der Waals surface area contributed by atoms with Crippen molar-refractivity contribution in [1.82, 2.24) is 19.5 Å². The number of hydrogen-bond donors (Lipinski definition) is 1. The summed E-state index contributed by atoms with van der Waals surface area (Å²) in [6.45, 7) is 5.42. The molecule has 2 aromatic carbocycles. The number of esters is 2. The maximum Gasteiger partial charge on any atom is 0.412 e. The maximum atomic E-state index is 12.4. The maximum absolute atomic E-state index is 12.4. The zero-order valence-electron chi connectivity index (χ0n) is 23.6. The van der Waals surface area contributed by atoms with E-state index in [-0.39, 0.29) is 72.4 Å². The first kappa shape index (κ1) is 30.4. The van der Waals surface area contributed by atoms with Gasteiger partial charge in [-0.1, -0.05) is 6.07 Å². The largest absolute Gasteiger partial charge is 0.476 e. The molecule has 0 aliphatic rings. The van der Waals surface area contributed by atoms with Crippen molar-refractivity contribution in [3.63, 3.8) is 0 Å². The molecule has 0 spiro atoms. The molecule has 0 unspecified atom stereocenters. The molecule has 224 valence electrons. The second-order valence-electron chi connectivity index (χ2n) is 8.80. The first-order chi connectivity index (χ1) is 20.7. The molecule has 0 fully saturated rings. The highest BCUT2D eigenvalue weighted by atomic mass is 16.6. The number of aromatic nitrogens is 4. The van der Waals surface area contributed by atoms with Crippen molar-refractivity contribution in [1.29, 1.82) is 0 Å². The number of imidazole rings is 1. The summed E-state index contributed by atoms with van der Waals surface area (Å²) in [5.41, 5.74) is 1.32. The standard InChI is InChI=1S/C28H28N6O9/c1-4-40-25-24(27(36)42-6-3)31-21-11-18(23(34(38)39)12-22(21)32-25)13-33-14-20(29-16-33)15-43-28(37)30-19-9-7-8-17(10-19)26(35)41-5-2/h7-12,14,16H,4-6,13,15H2,1-3H3,(H,30,37). The Bertz CT molecular complexity index is 1670. The molecule has 2 aromatic heterocycles. The van der Waals surface area contributed by atoms with Crippen LogP contribution < -0.4 is 10.1 Å². The van der Waals surface area contributed by atoms with Gasteiger partial charge in [-0.2, -0.15) is 0 Å². The number of amides is 1. The van der Waals surface area contributed by atoms with Gasteiger partial charge in [0.2, 0.25) is 11.6 Å². The molecule has 1 amide bonds. The number of anilines is 1. The van der Waals surface area contributed by atoms with E-state index in [2.05, 4.69) is 20.3 Å². The molecular formula is C28H28N6O9. The van der Waals surface area contributed by atoms with E-state index in [1.165, 1.54) is 24.5 Å². The summed E-state index contributed by atoms with van der Waals surface area (Å²) in [5, 5.41) is 14.4. The van der Waals surface area contributed by atoms with Crippen LogP contribution in [0.5, 0.6) is 5.88 Å². The summed E-state index contributed by atoms with van der Waals surface area (Å²) < 4.78 is 22.2. The molecule has 4 rings (SSSR count). The van der Waals surface area contributed by atoms with Crippen LogP contribution in [0.4, 0.5) is 16.2 Å². The fourth-order valence-corrected chi connectivity index (χ4v) is 3.98. The lowest BCUT2D eigenvalue weighted by molar-refractivity contribution is -0.385. The van der Waals surface area contributed by atoms with Crippen molar-refractivity contribution in [2.45, 2.75) is 33.9 Å². The van der Waals surface area contributed by atoms with E-state index in [9.17, 15) is 24.5 Å². The number of carbonyl (C=O) groups is 3. The molecule has 0 radical (unpaired) electrons. The number of ether oxygens (including phenoxy) is 4. The van der Waals surface area contributed by atoms with E-state index in [0.717, 1.165) is 0 Å².